The van der Waals surface area contributed by atoms with Crippen molar-refractivity contribution >= 4 is 11.8 Å². The molecule has 0 aliphatic rings. The van der Waals surface area contributed by atoms with Gasteiger partial charge < -0.3 is 5.32 Å². The Hall–Kier alpha value is -1.25. The van der Waals surface area contributed by atoms with Gasteiger partial charge in [-0.2, -0.15) is 11.8 Å². The maximum atomic E-state index is 3.56. The molecule has 2 rings (SSSR count). The predicted octanol–water partition coefficient (Wildman–Crippen LogP) is 4.27. The maximum Gasteiger partial charge on any atom is 0.0411 e. The normalized spacial score (nSPS) is 12.3. The fraction of sp³-hybridized carbons (Fsp3) is 0.294. The fourth-order valence-corrected chi connectivity index (χ4v) is 3.17. The minimum Gasteiger partial charge on any atom is -0.310 e. The van der Waals surface area contributed by atoms with Crippen LogP contribution in [-0.4, -0.2) is 12.3 Å². The standard InChI is InChI=1S/C17H21NS/c1-2-18-17(16-11-7-4-8-12-16)14-19-13-15-9-5-3-6-10-15/h3-12,17-18H,2,13-14H2,1H3. The maximum absolute atomic E-state index is 3.56. The molecule has 0 spiro atoms. The molecule has 19 heavy (non-hydrogen) atoms. The van der Waals surface area contributed by atoms with Gasteiger partial charge in [0, 0.05) is 17.5 Å². The Morgan fingerprint density at radius 2 is 1.58 bits per heavy atom. The van der Waals surface area contributed by atoms with Gasteiger partial charge in [-0.25, -0.2) is 0 Å². The second kappa shape index (κ2) is 8.03. The first kappa shape index (κ1) is 14.2. The molecule has 0 bridgehead atoms. The molecule has 1 N–H and O–H groups in total. The molecule has 1 nitrogen and oxygen atoms in total. The van der Waals surface area contributed by atoms with Crippen molar-refractivity contribution in [1.29, 1.82) is 0 Å². The molecule has 0 fully saturated rings. The Bertz CT molecular complexity index is 455. The lowest BCUT2D eigenvalue weighted by Crippen LogP contribution is -2.22. The second-order valence-electron chi connectivity index (χ2n) is 4.52. The average Bonchev–Trinajstić information content (AvgIpc) is 2.48. The molecule has 2 aromatic rings. The summed E-state index contributed by atoms with van der Waals surface area (Å²) in [7, 11) is 0. The van der Waals surface area contributed by atoms with Crippen LogP contribution in [0.15, 0.2) is 60.7 Å². The van der Waals surface area contributed by atoms with Gasteiger partial charge in [0.25, 0.3) is 0 Å². The summed E-state index contributed by atoms with van der Waals surface area (Å²) >= 11 is 1.99. The zero-order valence-corrected chi connectivity index (χ0v) is 12.2. The summed E-state index contributed by atoms with van der Waals surface area (Å²) in [6.07, 6.45) is 0. The molecule has 0 aromatic heterocycles. The lowest BCUT2D eigenvalue weighted by atomic mass is 10.1. The van der Waals surface area contributed by atoms with Crippen molar-refractivity contribution in [1.82, 2.24) is 5.32 Å². The SMILES string of the molecule is CCNC(CSCc1ccccc1)c1ccccc1. The molecule has 100 valence electrons. The zero-order valence-electron chi connectivity index (χ0n) is 11.4. The molecular formula is C17H21NS. The van der Waals surface area contributed by atoms with E-state index in [4.69, 9.17) is 0 Å². The van der Waals surface area contributed by atoms with Crippen molar-refractivity contribution in [3.05, 3.63) is 71.8 Å². The number of hydrogen-bond acceptors (Lipinski definition) is 2. The van der Waals surface area contributed by atoms with E-state index in [1.807, 2.05) is 11.8 Å². The van der Waals surface area contributed by atoms with Crippen molar-refractivity contribution in [2.45, 2.75) is 18.7 Å². The monoisotopic (exact) mass is 271 g/mol. The van der Waals surface area contributed by atoms with Gasteiger partial charge in [0.1, 0.15) is 0 Å². The first-order chi connectivity index (χ1) is 9.40. The lowest BCUT2D eigenvalue weighted by Gasteiger charge is -2.18. The van der Waals surface area contributed by atoms with Gasteiger partial charge in [0.05, 0.1) is 0 Å². The highest BCUT2D eigenvalue weighted by Gasteiger charge is 2.09. The highest BCUT2D eigenvalue weighted by Crippen LogP contribution is 2.21. The molecule has 1 atom stereocenters. The molecular weight excluding hydrogens is 250 g/mol. The van der Waals surface area contributed by atoms with Gasteiger partial charge in [-0.1, -0.05) is 67.6 Å². The molecule has 2 heteroatoms. The van der Waals surface area contributed by atoms with Gasteiger partial charge >= 0.3 is 0 Å². The topological polar surface area (TPSA) is 12.0 Å². The number of benzene rings is 2. The molecule has 0 aliphatic heterocycles. The van der Waals surface area contributed by atoms with Crippen molar-refractivity contribution < 1.29 is 0 Å². The van der Waals surface area contributed by atoms with E-state index in [1.165, 1.54) is 11.1 Å². The lowest BCUT2D eigenvalue weighted by molar-refractivity contribution is 0.606. The summed E-state index contributed by atoms with van der Waals surface area (Å²) in [5.41, 5.74) is 2.78. The smallest absolute Gasteiger partial charge is 0.0411 e. The summed E-state index contributed by atoms with van der Waals surface area (Å²) < 4.78 is 0. The Balaban J connectivity index is 1.87. The molecule has 0 heterocycles. The van der Waals surface area contributed by atoms with Crippen molar-refractivity contribution in [2.24, 2.45) is 0 Å². The number of thioether (sulfide) groups is 1. The van der Waals surface area contributed by atoms with Gasteiger partial charge in [-0.15, -0.1) is 0 Å². The zero-order chi connectivity index (χ0) is 13.3. The first-order valence-corrected chi connectivity index (χ1v) is 7.95. The van der Waals surface area contributed by atoms with E-state index in [2.05, 4.69) is 72.9 Å². The third kappa shape index (κ3) is 4.73. The summed E-state index contributed by atoms with van der Waals surface area (Å²) in [6, 6.07) is 21.8. The van der Waals surface area contributed by atoms with Crippen LogP contribution in [-0.2, 0) is 5.75 Å². The van der Waals surface area contributed by atoms with Crippen molar-refractivity contribution in [3.63, 3.8) is 0 Å². The quantitative estimate of drug-likeness (QED) is 0.807. The number of hydrogen-bond donors (Lipinski definition) is 1. The predicted molar refractivity (Wildman–Crippen MR) is 85.5 cm³/mol. The average molecular weight is 271 g/mol. The second-order valence-corrected chi connectivity index (χ2v) is 5.55. The molecule has 0 aliphatic carbocycles. The van der Waals surface area contributed by atoms with Gasteiger partial charge in [-0.05, 0) is 17.7 Å². The third-order valence-corrected chi connectivity index (χ3v) is 4.16. The Morgan fingerprint density at radius 3 is 2.21 bits per heavy atom. The Morgan fingerprint density at radius 1 is 0.947 bits per heavy atom. The summed E-state index contributed by atoms with van der Waals surface area (Å²) in [4.78, 5) is 0. The van der Waals surface area contributed by atoms with Crippen LogP contribution in [0.3, 0.4) is 0 Å². The fourth-order valence-electron chi connectivity index (χ4n) is 2.07. The summed E-state index contributed by atoms with van der Waals surface area (Å²) in [5, 5.41) is 3.56. The van der Waals surface area contributed by atoms with Crippen LogP contribution in [0.5, 0.6) is 0 Å². The Labute approximate surface area is 120 Å². The van der Waals surface area contributed by atoms with E-state index in [0.29, 0.717) is 6.04 Å². The highest BCUT2D eigenvalue weighted by atomic mass is 32.2. The summed E-state index contributed by atoms with van der Waals surface area (Å²) in [5.74, 6) is 2.18. The van der Waals surface area contributed by atoms with Gasteiger partial charge in [0.2, 0.25) is 0 Å². The largest absolute Gasteiger partial charge is 0.310 e. The van der Waals surface area contributed by atoms with E-state index in [1.54, 1.807) is 0 Å². The summed E-state index contributed by atoms with van der Waals surface area (Å²) in [6.45, 7) is 3.17. The van der Waals surface area contributed by atoms with Gasteiger partial charge in [-0.3, -0.25) is 0 Å². The highest BCUT2D eigenvalue weighted by molar-refractivity contribution is 7.98. The van der Waals surface area contributed by atoms with Crippen LogP contribution in [0.2, 0.25) is 0 Å². The minimum atomic E-state index is 0.444. The van der Waals surface area contributed by atoms with Crippen molar-refractivity contribution in [2.75, 3.05) is 12.3 Å². The van der Waals surface area contributed by atoms with E-state index in [-0.39, 0.29) is 0 Å². The first-order valence-electron chi connectivity index (χ1n) is 6.80. The van der Waals surface area contributed by atoms with Crippen LogP contribution < -0.4 is 5.32 Å². The number of nitrogens with one attached hydrogen (secondary N) is 1. The van der Waals surface area contributed by atoms with Crippen LogP contribution >= 0.6 is 11.8 Å². The van der Waals surface area contributed by atoms with E-state index in [9.17, 15) is 0 Å². The Kier molecular flexibility index (Phi) is 5.99. The van der Waals surface area contributed by atoms with Crippen LogP contribution in [0, 0.1) is 0 Å². The molecule has 0 amide bonds. The van der Waals surface area contributed by atoms with Crippen LogP contribution in [0.25, 0.3) is 0 Å². The van der Waals surface area contributed by atoms with E-state index < -0.39 is 0 Å². The number of rotatable bonds is 7. The third-order valence-electron chi connectivity index (χ3n) is 3.05. The van der Waals surface area contributed by atoms with Crippen LogP contribution in [0.1, 0.15) is 24.1 Å². The van der Waals surface area contributed by atoms with E-state index >= 15 is 0 Å². The van der Waals surface area contributed by atoms with Crippen molar-refractivity contribution in [3.8, 4) is 0 Å². The van der Waals surface area contributed by atoms with Crippen LogP contribution in [0.4, 0.5) is 0 Å². The molecule has 1 unspecified atom stereocenters. The molecule has 0 radical (unpaired) electrons. The molecule has 0 saturated carbocycles. The molecule has 0 saturated heterocycles. The van der Waals surface area contributed by atoms with E-state index in [0.717, 1.165) is 18.1 Å². The molecule has 2 aromatic carbocycles. The van der Waals surface area contributed by atoms with Gasteiger partial charge in [0.15, 0.2) is 0 Å². The minimum absolute atomic E-state index is 0.444.